The first-order valence-corrected chi connectivity index (χ1v) is 26.8. The maximum atomic E-state index is 7.04. The topological polar surface area (TPSA) is 71.0 Å². The fourth-order valence-electron chi connectivity index (χ4n) is 8.45. The van der Waals surface area contributed by atoms with E-state index in [0.29, 0.717) is 19.6 Å². The van der Waals surface area contributed by atoms with Gasteiger partial charge in [-0.1, -0.05) is 190 Å². The summed E-state index contributed by atoms with van der Waals surface area (Å²) in [6, 6.07) is 18.6. The van der Waals surface area contributed by atoms with Crippen LogP contribution in [-0.2, 0) is 43.3 Å². The highest BCUT2D eigenvalue weighted by Crippen LogP contribution is 2.47. The summed E-state index contributed by atoms with van der Waals surface area (Å²) in [5.41, 5.74) is 11.8. The second-order valence-electron chi connectivity index (χ2n) is 27.4. The van der Waals surface area contributed by atoms with E-state index < -0.39 is 16.5 Å². The van der Waals surface area contributed by atoms with E-state index >= 15 is 0 Å². The molecule has 0 spiro atoms. The number of hydrogen-bond donors (Lipinski definition) is 0. The van der Waals surface area contributed by atoms with E-state index in [1.807, 2.05) is 0 Å². The molecule has 0 atom stereocenters. The quantitative estimate of drug-likeness (QED) is 0.155. The molecule has 0 aliphatic carbocycles. The highest BCUT2D eigenvalue weighted by atomic mass is 31.1. The first-order valence-electron chi connectivity index (χ1n) is 24.6. The molecule has 0 aliphatic heterocycles. The lowest BCUT2D eigenvalue weighted by Crippen LogP contribution is -2.17. The molecule has 6 aromatic rings. The maximum absolute atomic E-state index is 7.04. The fourth-order valence-corrected chi connectivity index (χ4v) is 10.7. The summed E-state index contributed by atoms with van der Waals surface area (Å²) in [6.45, 7) is 55.2. The van der Waals surface area contributed by atoms with Crippen LogP contribution in [0, 0.1) is 0 Å². The lowest BCUT2D eigenvalue weighted by molar-refractivity contribution is 0.305. The third kappa shape index (κ3) is 11.6. The molecular weight excluding hydrogens is 867 g/mol. The normalized spacial score (nSPS) is 14.0. The van der Waals surface area contributed by atoms with E-state index in [1.165, 1.54) is 22.3 Å². The van der Waals surface area contributed by atoms with Gasteiger partial charge in [-0.15, -0.1) is 0 Å². The zero-order chi connectivity index (χ0) is 50.4. The monoisotopic (exact) mass is 953 g/mol. The molecule has 0 fully saturated rings. The Kier molecular flexibility index (Phi) is 14.1. The van der Waals surface area contributed by atoms with Crippen molar-refractivity contribution in [2.24, 2.45) is 0 Å². The van der Waals surface area contributed by atoms with Crippen LogP contribution in [0.15, 0.2) is 65.3 Å². The molecule has 368 valence electrons. The Morgan fingerprint density at radius 1 is 0.299 bits per heavy atom. The number of fused-ring (bicyclic) bond motifs is 6. The van der Waals surface area contributed by atoms with Crippen LogP contribution in [0.5, 0.6) is 0 Å². The van der Waals surface area contributed by atoms with Gasteiger partial charge < -0.3 is 16.8 Å². The minimum Gasteiger partial charge on any atom is -0.399 e. The van der Waals surface area contributed by atoms with Gasteiger partial charge in [0.25, 0.3) is 0 Å². The standard InChI is InChI=1S/C59H86O6P2/c1-52(2,3)36-28-40-41-29-37(53(4,5)6)33-45(57(16,17)18)49(41)63-66(62-48(40)44(32-36)56(13,14)15)60-26-25-27-61-67-64-50-42(30-38(54(7,8)9)34-46(50)58(19,20)21)43-31-39(55(10,11)12)35-47(51(43)65-67)59(22,23)24/h28-35H,25-27H2,1-24H3. The maximum Gasteiger partial charge on any atom is 0.387 e. The number of hydrogen-bond acceptors (Lipinski definition) is 6. The second kappa shape index (κ2) is 17.8. The Hall–Kier alpha value is -3.40. The molecule has 0 amide bonds. The van der Waals surface area contributed by atoms with Crippen molar-refractivity contribution >= 4 is 60.4 Å². The van der Waals surface area contributed by atoms with Crippen molar-refractivity contribution in [3.63, 3.8) is 0 Å². The molecular formula is C59H86O6P2. The molecule has 6 rings (SSSR count). The molecule has 0 saturated heterocycles. The summed E-state index contributed by atoms with van der Waals surface area (Å²) in [7, 11) is -3.70. The largest absolute Gasteiger partial charge is 0.399 e. The summed E-state index contributed by atoms with van der Waals surface area (Å²) in [4.78, 5) is 0. The van der Waals surface area contributed by atoms with Crippen molar-refractivity contribution < 1.29 is 25.8 Å². The van der Waals surface area contributed by atoms with Gasteiger partial charge in [-0.05, 0) is 96.3 Å². The molecule has 2 heterocycles. The first-order chi connectivity index (χ1) is 30.3. The summed E-state index contributed by atoms with van der Waals surface area (Å²) in [5, 5.41) is 4.22. The molecule has 2 aromatic heterocycles. The van der Waals surface area contributed by atoms with Crippen LogP contribution >= 0.6 is 16.5 Å². The predicted octanol–water partition coefficient (Wildman–Crippen LogP) is 19.2. The minimum atomic E-state index is -1.85. The molecule has 67 heavy (non-hydrogen) atoms. The minimum absolute atomic E-state index is 0.0814. The van der Waals surface area contributed by atoms with Crippen LogP contribution in [0.3, 0.4) is 0 Å². The van der Waals surface area contributed by atoms with Crippen LogP contribution in [0.4, 0.5) is 0 Å². The molecule has 4 aromatic carbocycles. The molecule has 0 N–H and O–H groups in total. The van der Waals surface area contributed by atoms with E-state index in [9.17, 15) is 0 Å². The lowest BCUT2D eigenvalue weighted by atomic mass is 9.77. The molecule has 8 heteroatoms. The van der Waals surface area contributed by atoms with Gasteiger partial charge in [0.2, 0.25) is 0 Å². The van der Waals surface area contributed by atoms with Gasteiger partial charge >= 0.3 is 16.5 Å². The van der Waals surface area contributed by atoms with Gasteiger partial charge in [-0.2, -0.15) is 0 Å². The van der Waals surface area contributed by atoms with E-state index in [-0.39, 0.29) is 43.3 Å². The first kappa shape index (κ1) is 53.0. The zero-order valence-electron chi connectivity index (χ0n) is 46.1. The Morgan fingerprint density at radius 3 is 0.657 bits per heavy atom. The van der Waals surface area contributed by atoms with E-state index in [1.54, 1.807) is 0 Å². The Morgan fingerprint density at radius 2 is 0.493 bits per heavy atom. The summed E-state index contributed by atoms with van der Waals surface area (Å²) >= 11 is 0. The Balaban J connectivity index is 1.51. The Labute approximate surface area is 406 Å². The van der Waals surface area contributed by atoms with Gasteiger partial charge in [0.1, 0.15) is 22.3 Å². The van der Waals surface area contributed by atoms with Crippen LogP contribution in [-0.4, -0.2) is 13.2 Å². The van der Waals surface area contributed by atoms with E-state index in [4.69, 9.17) is 25.8 Å². The van der Waals surface area contributed by atoms with Crippen molar-refractivity contribution in [1.82, 2.24) is 0 Å². The van der Waals surface area contributed by atoms with Crippen LogP contribution in [0.25, 0.3) is 43.9 Å². The molecule has 6 nitrogen and oxygen atoms in total. The molecule has 0 radical (unpaired) electrons. The van der Waals surface area contributed by atoms with E-state index in [2.05, 4.69) is 215 Å². The van der Waals surface area contributed by atoms with Crippen LogP contribution in [0.1, 0.15) is 217 Å². The Bertz CT molecular complexity index is 2500. The molecule has 0 bridgehead atoms. The van der Waals surface area contributed by atoms with E-state index in [0.717, 1.165) is 66.1 Å². The molecule has 0 saturated carbocycles. The van der Waals surface area contributed by atoms with Crippen LogP contribution in [0.2, 0.25) is 0 Å². The third-order valence-electron chi connectivity index (χ3n) is 13.0. The van der Waals surface area contributed by atoms with Gasteiger partial charge in [-0.25, -0.2) is 0 Å². The highest BCUT2D eigenvalue weighted by molar-refractivity contribution is 7.32. The van der Waals surface area contributed by atoms with Crippen molar-refractivity contribution in [2.75, 3.05) is 13.2 Å². The summed E-state index contributed by atoms with van der Waals surface area (Å²) in [5.74, 6) is 0. The number of benzene rings is 4. The molecule has 0 unspecified atom stereocenters. The SMILES string of the molecule is CC(C)(C)c1cc(C(C)(C)C)c2op(OCCCOp3oc4c(C(C)(C)C)cc(C(C)(C)C)cc4c4cc(C(C)(C)C)cc(C(C)(C)C)c4o3)oc3c(C(C)(C)C)cc(C(C)(C)C)cc3c2c1. The molecule has 0 aliphatic rings. The van der Waals surface area contributed by atoms with Crippen molar-refractivity contribution in [1.29, 1.82) is 0 Å². The van der Waals surface area contributed by atoms with Gasteiger partial charge in [0.15, 0.2) is 0 Å². The average molecular weight is 953 g/mol. The zero-order valence-corrected chi connectivity index (χ0v) is 47.9. The fraction of sp³-hybridized carbons (Fsp3) is 0.593. The van der Waals surface area contributed by atoms with Gasteiger partial charge in [-0.3, -0.25) is 9.05 Å². The average Bonchev–Trinajstić information content (AvgIpc) is 3.40. The lowest BCUT2D eigenvalue weighted by Gasteiger charge is -2.27. The number of rotatable bonds is 6. The third-order valence-corrected chi connectivity index (χ3v) is 15.1. The second-order valence-corrected chi connectivity index (χ2v) is 29.6. The summed E-state index contributed by atoms with van der Waals surface area (Å²) in [6.07, 6.45) is 0.574. The van der Waals surface area contributed by atoms with Gasteiger partial charge in [0.05, 0.1) is 13.2 Å². The summed E-state index contributed by atoms with van der Waals surface area (Å²) < 4.78 is 41.6. The van der Waals surface area contributed by atoms with Gasteiger partial charge in [0, 0.05) is 43.8 Å². The van der Waals surface area contributed by atoms with Crippen molar-refractivity contribution in [2.45, 2.75) is 216 Å². The highest BCUT2D eigenvalue weighted by Gasteiger charge is 2.31. The van der Waals surface area contributed by atoms with Crippen LogP contribution < -0.4 is 9.05 Å². The van der Waals surface area contributed by atoms with Crippen molar-refractivity contribution in [3.8, 4) is 0 Å². The smallest absolute Gasteiger partial charge is 0.387 e. The van der Waals surface area contributed by atoms with Crippen molar-refractivity contribution in [3.05, 3.63) is 93.0 Å². The predicted molar refractivity (Wildman–Crippen MR) is 290 cm³/mol.